The molecule has 0 bridgehead atoms. The maximum Gasteiger partial charge on any atom is 1.00 e. The monoisotopic (exact) mass is 79.0 g/mol. The summed E-state index contributed by atoms with van der Waals surface area (Å²) >= 11 is 0. The molecule has 0 aliphatic heterocycles. The zero-order valence-corrected chi connectivity index (χ0v) is 5.69. The summed E-state index contributed by atoms with van der Waals surface area (Å²) in [6, 6.07) is 0. The van der Waals surface area contributed by atoms with E-state index in [2.05, 4.69) is 0 Å². The molecule has 3 heteroatoms. The van der Waals surface area contributed by atoms with E-state index in [0.717, 1.165) is 0 Å². The molecule has 0 saturated heterocycles. The maximum atomic E-state index is 8.93. The first-order valence-corrected chi connectivity index (χ1v) is 0.996. The molecule has 0 N–H and O–H groups in total. The molecule has 0 unspecified atom stereocenters. The minimum absolute atomic E-state index is 0. The van der Waals surface area contributed by atoms with Crippen molar-refractivity contribution in [1.29, 1.82) is 0 Å². The first kappa shape index (κ1) is 16.6. The van der Waals surface area contributed by atoms with Gasteiger partial charge in [-0.1, -0.05) is 6.92 Å². The van der Waals surface area contributed by atoms with Gasteiger partial charge in [0.25, 0.3) is 0 Å². The van der Waals surface area contributed by atoms with Gasteiger partial charge in [-0.2, -0.15) is 0 Å². The third-order valence-corrected chi connectivity index (χ3v) is 0. The van der Waals surface area contributed by atoms with Crippen LogP contribution in [0.25, 0.3) is 0 Å². The molecule has 0 heterocycles. The van der Waals surface area contributed by atoms with Crippen molar-refractivity contribution in [3.8, 4) is 0 Å². The molecule has 0 aliphatic carbocycles. The molecule has 0 aromatic rings. The molecular formula is C2H5BNaO. The summed E-state index contributed by atoms with van der Waals surface area (Å²) in [6.07, 6.45) is 0. The number of rotatable bonds is 0. The summed E-state index contributed by atoms with van der Waals surface area (Å²) in [5.74, 6) is 0. The molecule has 1 nitrogen and oxygen atoms in total. The van der Waals surface area contributed by atoms with Crippen molar-refractivity contribution in [2.75, 3.05) is 6.61 Å². The quantitative estimate of drug-likeness (QED) is 0.271. The molecule has 0 amide bonds. The smallest absolute Gasteiger partial charge is 0.855 e. The fourth-order valence-corrected chi connectivity index (χ4v) is 0. The van der Waals surface area contributed by atoms with E-state index in [0.29, 0.717) is 0 Å². The Bertz CT molecular complexity index is 9.61. The molecule has 5 heavy (non-hydrogen) atoms. The Hall–Kier alpha value is 1.02. The first-order chi connectivity index (χ1) is 1.41. The molecule has 0 saturated carbocycles. The van der Waals surface area contributed by atoms with E-state index in [4.69, 9.17) is 5.11 Å². The Morgan fingerprint density at radius 2 is 1.60 bits per heavy atom. The van der Waals surface area contributed by atoms with Crippen molar-refractivity contribution in [2.24, 2.45) is 0 Å². The fraction of sp³-hybridized carbons (Fsp3) is 1.00. The van der Waals surface area contributed by atoms with Crippen LogP contribution in [-0.2, 0) is 0 Å². The van der Waals surface area contributed by atoms with Gasteiger partial charge in [0.1, 0.15) is 0 Å². The Labute approximate surface area is 56.6 Å². The van der Waals surface area contributed by atoms with Crippen LogP contribution < -0.4 is 34.7 Å². The molecular weight excluding hydrogens is 73.8 g/mol. The second-order valence-corrected chi connectivity index (χ2v) is 0.289. The normalized spacial score (nSPS) is 3.60. The van der Waals surface area contributed by atoms with Crippen LogP contribution in [0.15, 0.2) is 0 Å². The van der Waals surface area contributed by atoms with Crippen LogP contribution in [0.2, 0.25) is 0 Å². The van der Waals surface area contributed by atoms with E-state index >= 15 is 0 Å². The Morgan fingerprint density at radius 3 is 1.60 bits per heavy atom. The summed E-state index contributed by atoms with van der Waals surface area (Å²) < 4.78 is 0. The molecule has 3 radical (unpaired) electrons. The molecule has 23 valence electrons. The summed E-state index contributed by atoms with van der Waals surface area (Å²) in [4.78, 5) is 0. The second kappa shape index (κ2) is 19.9. The molecule has 0 rings (SSSR count). The van der Waals surface area contributed by atoms with Crippen molar-refractivity contribution in [3.05, 3.63) is 0 Å². The van der Waals surface area contributed by atoms with Crippen LogP contribution in [0, 0.1) is 0 Å². The summed E-state index contributed by atoms with van der Waals surface area (Å²) in [5.41, 5.74) is 0. The van der Waals surface area contributed by atoms with E-state index in [9.17, 15) is 0 Å². The van der Waals surface area contributed by atoms with Gasteiger partial charge in [-0.05, 0) is 0 Å². The van der Waals surface area contributed by atoms with E-state index in [1.54, 1.807) is 6.92 Å². The Morgan fingerprint density at radius 1 is 1.60 bits per heavy atom. The maximum absolute atomic E-state index is 8.93. The van der Waals surface area contributed by atoms with Crippen molar-refractivity contribution in [2.45, 2.75) is 6.92 Å². The topological polar surface area (TPSA) is 23.1 Å². The zero-order chi connectivity index (χ0) is 2.71. The van der Waals surface area contributed by atoms with Crippen molar-refractivity contribution in [1.82, 2.24) is 0 Å². The van der Waals surface area contributed by atoms with Crippen LogP contribution in [0.1, 0.15) is 6.92 Å². The van der Waals surface area contributed by atoms with Crippen molar-refractivity contribution in [3.63, 3.8) is 0 Å². The molecule has 0 aromatic heterocycles. The van der Waals surface area contributed by atoms with E-state index in [-0.39, 0.29) is 44.6 Å². The van der Waals surface area contributed by atoms with E-state index in [1.165, 1.54) is 0 Å². The van der Waals surface area contributed by atoms with Crippen LogP contribution in [0.5, 0.6) is 0 Å². The standard InChI is InChI=1S/C2H5O.B.Na/c1-2-3;;/h2H2,1H3;;/q-1;;+1. The average molecular weight is 78.9 g/mol. The van der Waals surface area contributed by atoms with Gasteiger partial charge >= 0.3 is 29.6 Å². The summed E-state index contributed by atoms with van der Waals surface area (Å²) in [5, 5.41) is 8.93. The van der Waals surface area contributed by atoms with Crippen LogP contribution >= 0.6 is 0 Å². The minimum Gasteiger partial charge on any atom is -0.855 e. The Balaban J connectivity index is -0.0000000200. The third kappa shape index (κ3) is 43.8. The Kier molecular flexibility index (Phi) is 66.0. The molecule has 0 atom stereocenters. The SMILES string of the molecule is CC[O-].[B].[Na+]. The van der Waals surface area contributed by atoms with Gasteiger partial charge < -0.3 is 5.11 Å². The van der Waals surface area contributed by atoms with Crippen LogP contribution in [0.3, 0.4) is 0 Å². The fourth-order valence-electron chi connectivity index (χ4n) is 0. The minimum atomic E-state index is 0. The van der Waals surface area contributed by atoms with E-state index < -0.39 is 0 Å². The van der Waals surface area contributed by atoms with Crippen molar-refractivity contribution < 1.29 is 34.7 Å². The molecule has 0 spiro atoms. The predicted octanol–water partition coefficient (Wildman–Crippen LogP) is -4.01. The second-order valence-electron chi connectivity index (χ2n) is 0.289. The first-order valence-electron chi connectivity index (χ1n) is 0.996. The van der Waals surface area contributed by atoms with Gasteiger partial charge in [0.15, 0.2) is 0 Å². The third-order valence-electron chi connectivity index (χ3n) is 0. The molecule has 0 aliphatic rings. The van der Waals surface area contributed by atoms with Gasteiger partial charge in [0, 0.05) is 8.41 Å². The zero-order valence-electron chi connectivity index (χ0n) is 3.69. The van der Waals surface area contributed by atoms with Crippen molar-refractivity contribution >= 4 is 8.41 Å². The number of hydrogen-bond acceptors (Lipinski definition) is 1. The van der Waals surface area contributed by atoms with Gasteiger partial charge in [-0.25, -0.2) is 0 Å². The largest absolute Gasteiger partial charge is 1.00 e. The van der Waals surface area contributed by atoms with Crippen LogP contribution in [0.4, 0.5) is 0 Å². The van der Waals surface area contributed by atoms with Gasteiger partial charge in [-0.15, -0.1) is 6.61 Å². The van der Waals surface area contributed by atoms with Gasteiger partial charge in [0.05, 0.1) is 0 Å². The molecule has 0 fully saturated rings. The van der Waals surface area contributed by atoms with Gasteiger partial charge in [-0.3, -0.25) is 0 Å². The van der Waals surface area contributed by atoms with Crippen LogP contribution in [-0.4, -0.2) is 15.0 Å². The summed E-state index contributed by atoms with van der Waals surface area (Å²) in [6.45, 7) is 1.57. The molecule has 0 aromatic carbocycles. The van der Waals surface area contributed by atoms with E-state index in [1.807, 2.05) is 0 Å². The summed E-state index contributed by atoms with van der Waals surface area (Å²) in [7, 11) is 0. The average Bonchev–Trinajstić information content (AvgIpc) is 0.918. The number of hydrogen-bond donors (Lipinski definition) is 0. The predicted molar refractivity (Wildman–Crippen MR) is 16.3 cm³/mol. The van der Waals surface area contributed by atoms with Gasteiger partial charge in [0.2, 0.25) is 0 Å².